The third-order valence-corrected chi connectivity index (χ3v) is 5.08. The van der Waals surface area contributed by atoms with Gasteiger partial charge in [-0.1, -0.05) is 11.6 Å². The first kappa shape index (κ1) is 22.6. The fraction of sp³-hybridized carbons (Fsp3) is 0.435. The number of nitrogens with zero attached hydrogens (tertiary/aromatic N) is 4. The molecular formula is C23H31N5O3. The lowest BCUT2D eigenvalue weighted by Gasteiger charge is -2.21. The Morgan fingerprint density at radius 3 is 2.58 bits per heavy atom. The van der Waals surface area contributed by atoms with Gasteiger partial charge in [0, 0.05) is 44.7 Å². The van der Waals surface area contributed by atoms with Crippen molar-refractivity contribution in [3.8, 4) is 11.4 Å². The van der Waals surface area contributed by atoms with Crippen LogP contribution in [-0.2, 0) is 17.8 Å². The standard InChI is InChI=1S/C23H31N5O3/c1-27(2)19-11-9-18(10-12-19)23-25-21(31-26-23)13-15-28(17-20-7-6-16-30-20)22(29)8-4-3-5-14-24/h6-7,9-12,16H,3-5,8,13-15,17,24H2,1-2H3. The molecule has 0 fully saturated rings. The summed E-state index contributed by atoms with van der Waals surface area (Å²) in [6.07, 6.45) is 5.32. The van der Waals surface area contributed by atoms with Crippen molar-refractivity contribution >= 4 is 11.6 Å². The highest BCUT2D eigenvalue weighted by atomic mass is 16.5. The number of amides is 1. The molecule has 2 heterocycles. The number of nitrogens with two attached hydrogens (primary N) is 1. The number of benzene rings is 1. The number of anilines is 1. The molecular weight excluding hydrogens is 394 g/mol. The number of hydrogen-bond donors (Lipinski definition) is 1. The Bertz CT molecular complexity index is 919. The maximum absolute atomic E-state index is 12.7. The van der Waals surface area contributed by atoms with Crippen molar-refractivity contribution in [3.63, 3.8) is 0 Å². The first-order chi connectivity index (χ1) is 15.1. The molecule has 0 saturated carbocycles. The third kappa shape index (κ3) is 6.68. The lowest BCUT2D eigenvalue weighted by atomic mass is 10.1. The van der Waals surface area contributed by atoms with Crippen LogP contribution in [0.5, 0.6) is 0 Å². The second kappa shape index (κ2) is 11.3. The first-order valence-electron chi connectivity index (χ1n) is 10.7. The summed E-state index contributed by atoms with van der Waals surface area (Å²) >= 11 is 0. The van der Waals surface area contributed by atoms with Crippen molar-refractivity contribution in [2.24, 2.45) is 5.73 Å². The number of hydrogen-bond acceptors (Lipinski definition) is 7. The Morgan fingerprint density at radius 2 is 1.90 bits per heavy atom. The zero-order chi connectivity index (χ0) is 22.1. The van der Waals surface area contributed by atoms with E-state index in [1.165, 1.54) is 0 Å². The van der Waals surface area contributed by atoms with Gasteiger partial charge in [-0.05, 0) is 55.8 Å². The zero-order valence-electron chi connectivity index (χ0n) is 18.3. The van der Waals surface area contributed by atoms with Crippen LogP contribution in [0.25, 0.3) is 11.4 Å². The fourth-order valence-electron chi connectivity index (χ4n) is 3.25. The fourth-order valence-corrected chi connectivity index (χ4v) is 3.25. The minimum absolute atomic E-state index is 0.0902. The molecule has 3 rings (SSSR count). The van der Waals surface area contributed by atoms with Crippen LogP contribution in [-0.4, -0.2) is 48.1 Å². The Kier molecular flexibility index (Phi) is 8.23. The molecule has 0 atom stereocenters. The van der Waals surface area contributed by atoms with Gasteiger partial charge in [0.2, 0.25) is 17.6 Å². The van der Waals surface area contributed by atoms with Crippen LogP contribution < -0.4 is 10.6 Å². The summed E-state index contributed by atoms with van der Waals surface area (Å²) in [5.74, 6) is 1.90. The molecule has 1 amide bonds. The van der Waals surface area contributed by atoms with Gasteiger partial charge in [0.05, 0.1) is 12.8 Å². The van der Waals surface area contributed by atoms with Gasteiger partial charge < -0.3 is 24.5 Å². The average molecular weight is 426 g/mol. The van der Waals surface area contributed by atoms with E-state index in [0.717, 1.165) is 36.3 Å². The molecule has 2 N–H and O–H groups in total. The van der Waals surface area contributed by atoms with Crippen molar-refractivity contribution in [1.82, 2.24) is 15.0 Å². The van der Waals surface area contributed by atoms with Crippen LogP contribution in [0.1, 0.15) is 37.3 Å². The van der Waals surface area contributed by atoms with Crippen LogP contribution >= 0.6 is 0 Å². The van der Waals surface area contributed by atoms with E-state index < -0.39 is 0 Å². The minimum atomic E-state index is 0.0902. The largest absolute Gasteiger partial charge is 0.467 e. The van der Waals surface area contributed by atoms with Gasteiger partial charge in [0.1, 0.15) is 5.76 Å². The summed E-state index contributed by atoms with van der Waals surface area (Å²) < 4.78 is 10.9. The van der Waals surface area contributed by atoms with E-state index in [1.807, 2.05) is 55.4 Å². The number of carbonyl (C=O) groups excluding carboxylic acids is 1. The van der Waals surface area contributed by atoms with Crippen molar-refractivity contribution in [3.05, 3.63) is 54.3 Å². The lowest BCUT2D eigenvalue weighted by molar-refractivity contribution is -0.132. The van der Waals surface area contributed by atoms with Crippen LogP contribution in [0.2, 0.25) is 0 Å². The van der Waals surface area contributed by atoms with E-state index in [-0.39, 0.29) is 5.91 Å². The van der Waals surface area contributed by atoms with Gasteiger partial charge in [-0.15, -0.1) is 0 Å². The predicted molar refractivity (Wildman–Crippen MR) is 119 cm³/mol. The second-order valence-electron chi connectivity index (χ2n) is 7.70. The number of rotatable bonds is 12. The normalized spacial score (nSPS) is 10.9. The maximum Gasteiger partial charge on any atom is 0.228 e. The molecule has 1 aromatic carbocycles. The minimum Gasteiger partial charge on any atom is -0.467 e. The molecule has 0 aliphatic heterocycles. The summed E-state index contributed by atoms with van der Waals surface area (Å²) in [7, 11) is 3.99. The van der Waals surface area contributed by atoms with Crippen molar-refractivity contribution < 1.29 is 13.7 Å². The van der Waals surface area contributed by atoms with Gasteiger partial charge in [0.25, 0.3) is 0 Å². The van der Waals surface area contributed by atoms with E-state index in [2.05, 4.69) is 10.1 Å². The van der Waals surface area contributed by atoms with Crippen molar-refractivity contribution in [2.45, 2.75) is 38.6 Å². The Labute approximate surface area is 183 Å². The number of aromatic nitrogens is 2. The van der Waals surface area contributed by atoms with Gasteiger partial charge in [0.15, 0.2) is 0 Å². The van der Waals surface area contributed by atoms with E-state index >= 15 is 0 Å². The SMILES string of the molecule is CN(C)c1ccc(-c2noc(CCN(Cc3ccco3)C(=O)CCCCCN)n2)cc1. The van der Waals surface area contributed by atoms with Gasteiger partial charge >= 0.3 is 0 Å². The third-order valence-electron chi connectivity index (χ3n) is 5.08. The van der Waals surface area contributed by atoms with Crippen LogP contribution in [0.4, 0.5) is 5.69 Å². The Hall–Kier alpha value is -3.13. The summed E-state index contributed by atoms with van der Waals surface area (Å²) in [5, 5.41) is 4.10. The molecule has 0 aliphatic rings. The summed E-state index contributed by atoms with van der Waals surface area (Å²) in [6.45, 7) is 1.56. The highest BCUT2D eigenvalue weighted by Crippen LogP contribution is 2.20. The summed E-state index contributed by atoms with van der Waals surface area (Å²) in [6, 6.07) is 11.7. The van der Waals surface area contributed by atoms with Gasteiger partial charge in [-0.3, -0.25) is 4.79 Å². The van der Waals surface area contributed by atoms with Crippen molar-refractivity contribution in [2.75, 3.05) is 32.1 Å². The maximum atomic E-state index is 12.7. The molecule has 31 heavy (non-hydrogen) atoms. The molecule has 0 aliphatic carbocycles. The lowest BCUT2D eigenvalue weighted by Crippen LogP contribution is -2.32. The van der Waals surface area contributed by atoms with E-state index in [9.17, 15) is 4.79 Å². The quantitative estimate of drug-likeness (QED) is 0.443. The molecule has 0 unspecified atom stereocenters. The van der Waals surface area contributed by atoms with Crippen LogP contribution in [0.3, 0.4) is 0 Å². The number of unbranched alkanes of at least 4 members (excludes halogenated alkanes) is 2. The molecule has 0 bridgehead atoms. The smallest absolute Gasteiger partial charge is 0.228 e. The van der Waals surface area contributed by atoms with E-state index in [4.69, 9.17) is 14.7 Å². The van der Waals surface area contributed by atoms with E-state index in [0.29, 0.717) is 44.2 Å². The van der Waals surface area contributed by atoms with Crippen LogP contribution in [0, 0.1) is 0 Å². The second-order valence-corrected chi connectivity index (χ2v) is 7.70. The monoisotopic (exact) mass is 425 g/mol. The highest BCUT2D eigenvalue weighted by molar-refractivity contribution is 5.76. The number of carbonyl (C=O) groups is 1. The first-order valence-corrected chi connectivity index (χ1v) is 10.7. The summed E-state index contributed by atoms with van der Waals surface area (Å²) in [4.78, 5) is 21.1. The molecule has 166 valence electrons. The number of furan rings is 1. The molecule has 0 radical (unpaired) electrons. The molecule has 0 spiro atoms. The van der Waals surface area contributed by atoms with Gasteiger partial charge in [-0.25, -0.2) is 0 Å². The van der Waals surface area contributed by atoms with Crippen LogP contribution in [0.15, 0.2) is 51.6 Å². The Balaban J connectivity index is 1.60. The predicted octanol–water partition coefficient (Wildman–Crippen LogP) is 3.49. The Morgan fingerprint density at radius 1 is 1.10 bits per heavy atom. The highest BCUT2D eigenvalue weighted by Gasteiger charge is 2.17. The molecule has 3 aromatic rings. The molecule has 8 heteroatoms. The molecule has 0 saturated heterocycles. The van der Waals surface area contributed by atoms with Crippen molar-refractivity contribution in [1.29, 1.82) is 0 Å². The summed E-state index contributed by atoms with van der Waals surface area (Å²) in [5.41, 5.74) is 7.53. The molecule has 8 nitrogen and oxygen atoms in total. The average Bonchev–Trinajstić information content (AvgIpc) is 3.46. The van der Waals surface area contributed by atoms with Gasteiger partial charge in [-0.2, -0.15) is 4.98 Å². The topological polar surface area (TPSA) is 102 Å². The molecule has 2 aromatic heterocycles. The van der Waals surface area contributed by atoms with E-state index in [1.54, 1.807) is 11.2 Å². The zero-order valence-corrected chi connectivity index (χ0v) is 18.3.